The van der Waals surface area contributed by atoms with Crippen LogP contribution >= 0.6 is 0 Å². The Labute approximate surface area is 139 Å². The van der Waals surface area contributed by atoms with Crippen molar-refractivity contribution in [2.45, 2.75) is 24.3 Å². The van der Waals surface area contributed by atoms with E-state index >= 15 is 0 Å². The van der Waals surface area contributed by atoms with Crippen LogP contribution in [0.3, 0.4) is 0 Å². The van der Waals surface area contributed by atoms with Gasteiger partial charge in [0.2, 0.25) is 0 Å². The third-order valence-corrected chi connectivity index (χ3v) is 3.91. The highest BCUT2D eigenvalue weighted by Gasteiger charge is 2.76. The summed E-state index contributed by atoms with van der Waals surface area (Å²) in [5.41, 5.74) is -5.62. The maximum absolute atomic E-state index is 13.1. The Kier molecular flexibility index (Phi) is 5.85. The molecule has 0 saturated carbocycles. The van der Waals surface area contributed by atoms with Crippen molar-refractivity contribution < 1.29 is 48.8 Å². The lowest BCUT2D eigenvalue weighted by Crippen LogP contribution is -2.63. The average molecular weight is 392 g/mol. The van der Waals surface area contributed by atoms with Crippen LogP contribution < -0.4 is 0 Å². The van der Waals surface area contributed by atoms with E-state index < -0.39 is 45.4 Å². The minimum Gasteiger partial charge on any atom is -0.435 e. The lowest BCUT2D eigenvalue weighted by molar-refractivity contribution is -0.356. The van der Waals surface area contributed by atoms with E-state index in [1.807, 2.05) is 0 Å². The summed E-state index contributed by atoms with van der Waals surface area (Å²) < 4.78 is 112. The second-order valence-corrected chi connectivity index (χ2v) is 6.44. The van der Waals surface area contributed by atoms with Gasteiger partial charge >= 0.3 is 23.9 Å². The molecule has 0 aliphatic rings. The number of carbonyl (C=O) groups excluding carboxylic acids is 1. The van der Waals surface area contributed by atoms with E-state index in [-0.39, 0.29) is 0 Å². The molecule has 0 aliphatic carbocycles. The number of halogens is 6. The fourth-order valence-corrected chi connectivity index (χ4v) is 2.76. The first-order chi connectivity index (χ1) is 11.1. The van der Waals surface area contributed by atoms with E-state index in [9.17, 15) is 39.6 Å². The summed E-state index contributed by atoms with van der Waals surface area (Å²) in [5, 5.41) is 0. The predicted octanol–water partition coefficient (Wildman–Crippen LogP) is 1.73. The Morgan fingerprint density at radius 3 is 2.04 bits per heavy atom. The third-order valence-electron chi connectivity index (χ3n) is 3.14. The van der Waals surface area contributed by atoms with Crippen LogP contribution in [0.15, 0.2) is 24.3 Å². The summed E-state index contributed by atoms with van der Waals surface area (Å²) in [5.74, 6) is -4.94. The molecule has 0 atom stereocenters. The molecular formula is C12H11BF6O5S. The highest BCUT2D eigenvalue weighted by molar-refractivity contribution is 7.85. The Hall–Kier alpha value is -1.76. The lowest BCUT2D eigenvalue weighted by atomic mass is 9.95. The van der Waals surface area contributed by atoms with Crippen LogP contribution in [0.5, 0.6) is 0 Å². The van der Waals surface area contributed by atoms with Crippen LogP contribution in [0.25, 0.3) is 0 Å². The smallest absolute Gasteiger partial charge is 0.435 e. The Morgan fingerprint density at radius 1 is 1.12 bits per heavy atom. The lowest BCUT2D eigenvalue weighted by Gasteiger charge is -2.35. The Bertz CT molecular complexity index is 729. The van der Waals surface area contributed by atoms with Crippen molar-refractivity contribution in [2.24, 2.45) is 0 Å². The molecule has 0 heterocycles. The third kappa shape index (κ3) is 4.88. The van der Waals surface area contributed by atoms with Crippen molar-refractivity contribution in [3.05, 3.63) is 35.4 Å². The topological polar surface area (TPSA) is 80.7 Å². The number of esters is 1. The van der Waals surface area contributed by atoms with Crippen molar-refractivity contribution in [1.82, 2.24) is 0 Å². The van der Waals surface area contributed by atoms with Crippen LogP contribution in [0.4, 0.5) is 26.3 Å². The van der Waals surface area contributed by atoms with Crippen LogP contribution in [0, 0.1) is 0 Å². The molecule has 0 fully saturated rings. The molecule has 0 aliphatic heterocycles. The Morgan fingerprint density at radius 2 is 1.64 bits per heavy atom. The van der Waals surface area contributed by atoms with E-state index in [0.29, 0.717) is 11.9 Å². The number of hydrogen-bond acceptors (Lipinski definition) is 4. The molecule has 0 radical (unpaired) electrons. The zero-order valence-corrected chi connectivity index (χ0v) is 13.3. The highest BCUT2D eigenvalue weighted by Crippen LogP contribution is 2.47. The first kappa shape index (κ1) is 21.3. The van der Waals surface area contributed by atoms with Crippen LogP contribution in [-0.4, -0.2) is 50.5 Å². The van der Waals surface area contributed by atoms with Gasteiger partial charge < -0.3 is 4.74 Å². The van der Waals surface area contributed by atoms with E-state index in [4.69, 9.17) is 4.55 Å². The molecular weight excluding hydrogens is 381 g/mol. The predicted molar refractivity (Wildman–Crippen MR) is 75.4 cm³/mol. The Balaban J connectivity index is 3.44. The van der Waals surface area contributed by atoms with Gasteiger partial charge in [0.15, 0.2) is 0 Å². The van der Waals surface area contributed by atoms with Gasteiger partial charge in [0.05, 0.1) is 5.56 Å². The van der Waals surface area contributed by atoms with E-state index in [0.717, 1.165) is 12.1 Å². The number of alkyl halides is 6. The fraction of sp³-hybridized carbons (Fsp3) is 0.417. The van der Waals surface area contributed by atoms with Crippen molar-refractivity contribution in [2.75, 3.05) is 5.75 Å². The summed E-state index contributed by atoms with van der Waals surface area (Å²) in [6, 6.07) is 4.59. The maximum atomic E-state index is 13.1. The van der Waals surface area contributed by atoms with Crippen LogP contribution in [0.1, 0.15) is 15.9 Å². The quantitative estimate of drug-likeness (QED) is 0.357. The molecule has 0 spiro atoms. The minimum absolute atomic E-state index is 0.329. The van der Waals surface area contributed by atoms with Gasteiger partial charge in [0.25, 0.3) is 10.1 Å². The second kappa shape index (κ2) is 6.86. The van der Waals surface area contributed by atoms with Crippen molar-refractivity contribution in [3.8, 4) is 0 Å². The maximum Gasteiger partial charge on any atom is 0.438 e. The molecule has 13 heteroatoms. The van der Waals surface area contributed by atoms with Gasteiger partial charge in [-0.05, 0) is 12.1 Å². The van der Waals surface area contributed by atoms with Crippen molar-refractivity contribution in [1.29, 1.82) is 0 Å². The van der Waals surface area contributed by atoms with Crippen molar-refractivity contribution in [3.63, 3.8) is 0 Å². The molecule has 0 bridgehead atoms. The SMILES string of the molecule is BCc1cccc(C(=O)OC(CS(=O)(=O)O)(C(F)(F)F)C(F)(F)F)c1. The number of ether oxygens (including phenoxy) is 1. The zero-order chi connectivity index (χ0) is 19.7. The molecule has 1 N–H and O–H groups in total. The molecule has 25 heavy (non-hydrogen) atoms. The number of hydrogen-bond donors (Lipinski definition) is 1. The van der Waals surface area contributed by atoms with Crippen LogP contribution in [0.2, 0.25) is 0 Å². The number of carbonyl (C=O) groups is 1. The second-order valence-electron chi connectivity index (χ2n) is 4.99. The van der Waals surface area contributed by atoms with Gasteiger partial charge in [-0.2, -0.15) is 34.8 Å². The summed E-state index contributed by atoms with van der Waals surface area (Å²) in [4.78, 5) is 11.8. The van der Waals surface area contributed by atoms with E-state index in [1.165, 1.54) is 12.1 Å². The molecule has 140 valence electrons. The van der Waals surface area contributed by atoms with Crippen LogP contribution in [-0.2, 0) is 21.2 Å². The first-order valence-corrected chi connectivity index (χ1v) is 8.15. The van der Waals surface area contributed by atoms with Gasteiger partial charge in [-0.3, -0.25) is 4.55 Å². The zero-order valence-electron chi connectivity index (χ0n) is 12.5. The monoisotopic (exact) mass is 392 g/mol. The van der Waals surface area contributed by atoms with Gasteiger partial charge in [-0.1, -0.05) is 24.0 Å². The number of rotatable bonds is 5. The molecule has 0 amide bonds. The molecule has 1 aromatic rings. The molecule has 0 unspecified atom stereocenters. The van der Waals surface area contributed by atoms with Crippen molar-refractivity contribution >= 4 is 23.9 Å². The molecule has 1 rings (SSSR count). The molecule has 5 nitrogen and oxygen atoms in total. The molecule has 0 saturated heterocycles. The van der Waals surface area contributed by atoms with Gasteiger partial charge in [0, 0.05) is 0 Å². The number of benzene rings is 1. The molecule has 1 aromatic carbocycles. The normalized spacial score (nSPS) is 13.6. The van der Waals surface area contributed by atoms with Gasteiger partial charge in [-0.25, -0.2) is 4.79 Å². The summed E-state index contributed by atoms with van der Waals surface area (Å²) >= 11 is 0. The fourth-order valence-electron chi connectivity index (χ4n) is 1.86. The first-order valence-electron chi connectivity index (χ1n) is 6.54. The summed E-state index contributed by atoms with van der Waals surface area (Å²) in [6.45, 7) is 0. The van der Waals surface area contributed by atoms with E-state index in [2.05, 4.69) is 4.74 Å². The summed E-state index contributed by atoms with van der Waals surface area (Å²) in [6.07, 6.45) is -12.4. The minimum atomic E-state index is -6.35. The largest absolute Gasteiger partial charge is 0.438 e. The standard InChI is InChI=1S/C12H11BF6O5S/c13-5-7-2-1-3-8(4-7)9(20)24-10(11(14,15)16,12(17,18)19)6-25(21,22)23/h1-4H,5-6,13H2,(H,21,22,23). The molecule has 0 aromatic heterocycles. The van der Waals surface area contributed by atoms with Gasteiger partial charge in [-0.15, -0.1) is 0 Å². The van der Waals surface area contributed by atoms with E-state index in [1.54, 1.807) is 7.85 Å². The van der Waals surface area contributed by atoms with Gasteiger partial charge in [0.1, 0.15) is 13.6 Å². The summed E-state index contributed by atoms with van der Waals surface area (Å²) in [7, 11) is -4.18. The highest BCUT2D eigenvalue weighted by atomic mass is 32.2. The average Bonchev–Trinajstić information content (AvgIpc) is 2.42.